The number of sulfonamides is 1. The number of hydrogen-bond donors (Lipinski definition) is 1. The van der Waals surface area contributed by atoms with Crippen LogP contribution < -0.4 is 14.4 Å². The van der Waals surface area contributed by atoms with E-state index in [1.54, 1.807) is 54.6 Å². The van der Waals surface area contributed by atoms with Gasteiger partial charge in [-0.1, -0.05) is 84.2 Å². The van der Waals surface area contributed by atoms with Crippen LogP contribution in [-0.4, -0.2) is 50.9 Å². The van der Waals surface area contributed by atoms with Gasteiger partial charge >= 0.3 is 0 Å². The SMILES string of the molecule is CC[C@@H](C)NC(=O)[C@@H](Cc1ccccc1)N(Cc1ccc(Cl)c(Cl)c1)C(=O)CN(c1ccc(OC)cc1)S(=O)(=O)c1ccc(C)cc1. The predicted molar refractivity (Wildman–Crippen MR) is 188 cm³/mol. The van der Waals surface area contributed by atoms with Gasteiger partial charge in [-0.15, -0.1) is 0 Å². The minimum atomic E-state index is -4.23. The van der Waals surface area contributed by atoms with Gasteiger partial charge in [0.1, 0.15) is 18.3 Å². The maximum atomic E-state index is 14.6. The lowest BCUT2D eigenvalue weighted by Gasteiger charge is -2.34. The molecular weight excluding hydrogens is 657 g/mol. The zero-order valence-corrected chi connectivity index (χ0v) is 29.1. The van der Waals surface area contributed by atoms with E-state index < -0.39 is 28.5 Å². The molecule has 4 aromatic carbocycles. The quantitative estimate of drug-likeness (QED) is 0.152. The van der Waals surface area contributed by atoms with Crippen molar-refractivity contribution in [3.63, 3.8) is 0 Å². The van der Waals surface area contributed by atoms with Gasteiger partial charge in [0.15, 0.2) is 0 Å². The number of carbonyl (C=O) groups excluding carboxylic acids is 2. The Morgan fingerprint density at radius 2 is 1.53 bits per heavy atom. The number of aryl methyl sites for hydroxylation is 1. The molecule has 248 valence electrons. The molecule has 0 unspecified atom stereocenters. The lowest BCUT2D eigenvalue weighted by atomic mass is 10.0. The van der Waals surface area contributed by atoms with Gasteiger partial charge < -0.3 is 15.0 Å². The number of nitrogens with zero attached hydrogens (tertiary/aromatic N) is 2. The fraction of sp³-hybridized carbons (Fsp3) is 0.278. The van der Waals surface area contributed by atoms with Gasteiger partial charge in [-0.05, 0) is 79.9 Å². The van der Waals surface area contributed by atoms with Crippen molar-refractivity contribution >= 4 is 50.7 Å². The van der Waals surface area contributed by atoms with Crippen LogP contribution in [0.1, 0.15) is 37.0 Å². The third-order valence-corrected chi connectivity index (χ3v) is 10.4. The lowest BCUT2D eigenvalue weighted by Crippen LogP contribution is -2.54. The van der Waals surface area contributed by atoms with Crippen molar-refractivity contribution in [2.75, 3.05) is 18.0 Å². The minimum Gasteiger partial charge on any atom is -0.497 e. The Bertz CT molecular complexity index is 1770. The second-order valence-electron chi connectivity index (χ2n) is 11.3. The van der Waals surface area contributed by atoms with Crippen molar-refractivity contribution in [1.82, 2.24) is 10.2 Å². The third kappa shape index (κ3) is 9.28. The van der Waals surface area contributed by atoms with Crippen LogP contribution in [0, 0.1) is 6.92 Å². The summed E-state index contributed by atoms with van der Waals surface area (Å²) in [5.41, 5.74) is 2.61. The summed E-state index contributed by atoms with van der Waals surface area (Å²) < 4.78 is 34.7. The van der Waals surface area contributed by atoms with Crippen LogP contribution in [0.15, 0.2) is 102 Å². The van der Waals surface area contributed by atoms with Crippen LogP contribution >= 0.6 is 23.2 Å². The number of nitrogens with one attached hydrogen (secondary N) is 1. The number of carbonyl (C=O) groups is 2. The molecule has 0 aromatic heterocycles. The van der Waals surface area contributed by atoms with Crippen LogP contribution in [0.25, 0.3) is 0 Å². The fourth-order valence-electron chi connectivity index (χ4n) is 4.94. The highest BCUT2D eigenvalue weighted by molar-refractivity contribution is 7.92. The minimum absolute atomic E-state index is 0.0256. The molecule has 2 atom stereocenters. The van der Waals surface area contributed by atoms with Crippen molar-refractivity contribution in [3.8, 4) is 5.75 Å². The van der Waals surface area contributed by atoms with E-state index in [4.69, 9.17) is 27.9 Å². The number of halogens is 2. The van der Waals surface area contributed by atoms with Crippen molar-refractivity contribution in [1.29, 1.82) is 0 Å². The Morgan fingerprint density at radius 3 is 2.13 bits per heavy atom. The Hall–Kier alpha value is -4.05. The smallest absolute Gasteiger partial charge is 0.264 e. The number of amides is 2. The standard InChI is InChI=1S/C36H39Cl2N3O5S/c1-5-26(3)39-36(43)34(22-27-9-7-6-8-10-27)40(23-28-13-20-32(37)33(38)21-28)35(42)24-41(29-14-16-30(46-4)17-15-29)47(44,45)31-18-11-25(2)12-19-31/h6-21,26,34H,5,22-24H2,1-4H3,(H,39,43)/t26-,34-/m1/s1. The van der Waals surface area contributed by atoms with Crippen molar-refractivity contribution in [2.24, 2.45) is 0 Å². The summed E-state index contributed by atoms with van der Waals surface area (Å²) in [6, 6.07) is 26.1. The van der Waals surface area contributed by atoms with Gasteiger partial charge in [0.2, 0.25) is 11.8 Å². The van der Waals surface area contributed by atoms with Gasteiger partial charge in [0.25, 0.3) is 10.0 Å². The zero-order valence-electron chi connectivity index (χ0n) is 26.8. The highest BCUT2D eigenvalue weighted by Gasteiger charge is 2.35. The van der Waals surface area contributed by atoms with Crippen LogP contribution in [0.3, 0.4) is 0 Å². The average Bonchev–Trinajstić information content (AvgIpc) is 3.07. The van der Waals surface area contributed by atoms with Gasteiger partial charge in [-0.3, -0.25) is 13.9 Å². The molecule has 47 heavy (non-hydrogen) atoms. The van der Waals surface area contributed by atoms with Gasteiger partial charge in [-0.2, -0.15) is 0 Å². The van der Waals surface area contributed by atoms with E-state index in [0.717, 1.165) is 15.4 Å². The Kier molecular flexibility index (Phi) is 12.3. The molecule has 0 bridgehead atoms. The molecule has 4 rings (SSSR count). The molecule has 0 aliphatic heterocycles. The molecule has 0 aliphatic carbocycles. The number of rotatable bonds is 14. The van der Waals surface area contributed by atoms with E-state index in [1.807, 2.05) is 51.1 Å². The molecule has 0 saturated carbocycles. The largest absolute Gasteiger partial charge is 0.497 e. The number of methoxy groups -OCH3 is 1. The summed E-state index contributed by atoms with van der Waals surface area (Å²) in [7, 11) is -2.71. The molecule has 1 N–H and O–H groups in total. The monoisotopic (exact) mass is 695 g/mol. The summed E-state index contributed by atoms with van der Waals surface area (Å²) >= 11 is 12.5. The molecule has 2 amide bonds. The van der Waals surface area contributed by atoms with Crippen LogP contribution in [0.4, 0.5) is 5.69 Å². The molecule has 11 heteroatoms. The second kappa shape index (κ2) is 16.2. The first-order valence-electron chi connectivity index (χ1n) is 15.2. The van der Waals surface area contributed by atoms with E-state index >= 15 is 0 Å². The predicted octanol–water partition coefficient (Wildman–Crippen LogP) is 7.06. The molecular formula is C36H39Cl2N3O5S. The van der Waals surface area contributed by atoms with Crippen molar-refractivity contribution in [3.05, 3.63) is 124 Å². The van der Waals surface area contributed by atoms with Gasteiger partial charge in [-0.25, -0.2) is 8.42 Å². The van der Waals surface area contributed by atoms with Gasteiger partial charge in [0.05, 0.1) is 27.7 Å². The first kappa shape index (κ1) is 35.8. The number of benzene rings is 4. The maximum Gasteiger partial charge on any atom is 0.264 e. The summed E-state index contributed by atoms with van der Waals surface area (Å²) in [6.07, 6.45) is 0.883. The molecule has 0 aliphatic rings. The fourth-order valence-corrected chi connectivity index (χ4v) is 6.68. The average molecular weight is 697 g/mol. The summed E-state index contributed by atoms with van der Waals surface area (Å²) in [4.78, 5) is 30.0. The first-order chi connectivity index (χ1) is 22.4. The zero-order chi connectivity index (χ0) is 34.1. The van der Waals surface area contributed by atoms with Crippen LogP contribution in [-0.2, 0) is 32.6 Å². The van der Waals surface area contributed by atoms with Crippen LogP contribution in [0.2, 0.25) is 10.0 Å². The normalized spacial score (nSPS) is 12.6. The molecule has 4 aromatic rings. The van der Waals surface area contributed by atoms with Gasteiger partial charge in [0, 0.05) is 19.0 Å². The maximum absolute atomic E-state index is 14.6. The van der Waals surface area contributed by atoms with E-state index in [2.05, 4.69) is 5.32 Å². The summed E-state index contributed by atoms with van der Waals surface area (Å²) in [5, 5.41) is 3.66. The number of anilines is 1. The Balaban J connectivity index is 1.82. The summed E-state index contributed by atoms with van der Waals surface area (Å²) in [5.74, 6) is -0.407. The second-order valence-corrected chi connectivity index (χ2v) is 14.0. The highest BCUT2D eigenvalue weighted by atomic mass is 35.5. The van der Waals surface area contributed by atoms with E-state index in [9.17, 15) is 18.0 Å². The van der Waals surface area contributed by atoms with Crippen LogP contribution in [0.5, 0.6) is 5.75 Å². The first-order valence-corrected chi connectivity index (χ1v) is 17.4. The summed E-state index contributed by atoms with van der Waals surface area (Å²) in [6.45, 7) is 5.11. The van der Waals surface area contributed by atoms with Crippen molar-refractivity contribution in [2.45, 2.75) is 57.1 Å². The molecule has 0 spiro atoms. The number of ether oxygens (including phenoxy) is 1. The third-order valence-electron chi connectivity index (χ3n) is 7.86. The molecule has 0 fully saturated rings. The highest BCUT2D eigenvalue weighted by Crippen LogP contribution is 2.28. The molecule has 0 heterocycles. The molecule has 8 nitrogen and oxygen atoms in total. The van der Waals surface area contributed by atoms with E-state index in [0.29, 0.717) is 27.8 Å². The molecule has 0 saturated heterocycles. The Morgan fingerprint density at radius 1 is 0.872 bits per heavy atom. The molecule has 0 radical (unpaired) electrons. The van der Waals surface area contributed by atoms with Crippen molar-refractivity contribution < 1.29 is 22.7 Å². The van der Waals surface area contributed by atoms with E-state index in [1.165, 1.54) is 24.1 Å². The lowest BCUT2D eigenvalue weighted by molar-refractivity contribution is -0.140. The van der Waals surface area contributed by atoms with E-state index in [-0.39, 0.29) is 35.5 Å². The Labute approximate surface area is 287 Å². The number of hydrogen-bond acceptors (Lipinski definition) is 5. The topological polar surface area (TPSA) is 96.0 Å².